The second-order valence-electron chi connectivity index (χ2n) is 9.13. The van der Waals surface area contributed by atoms with E-state index < -0.39 is 11.7 Å². The van der Waals surface area contributed by atoms with Gasteiger partial charge in [-0.15, -0.1) is 5.10 Å². The van der Waals surface area contributed by atoms with E-state index in [0.29, 0.717) is 18.1 Å². The van der Waals surface area contributed by atoms with Crippen LogP contribution in [0.15, 0.2) is 48.7 Å². The molecule has 0 radical (unpaired) electrons. The fourth-order valence-corrected chi connectivity index (χ4v) is 3.76. The van der Waals surface area contributed by atoms with Crippen LogP contribution in [0.3, 0.4) is 0 Å². The van der Waals surface area contributed by atoms with Gasteiger partial charge in [0.1, 0.15) is 11.3 Å². The summed E-state index contributed by atoms with van der Waals surface area (Å²) in [6.45, 7) is 10.5. The van der Waals surface area contributed by atoms with Crippen LogP contribution in [-0.2, 0) is 17.8 Å². The lowest BCUT2D eigenvalue weighted by Gasteiger charge is -2.26. The topological polar surface area (TPSA) is 81.1 Å². The molecule has 170 valence electrons. The van der Waals surface area contributed by atoms with Crippen LogP contribution in [-0.4, -0.2) is 37.7 Å². The highest BCUT2D eigenvalue weighted by Gasteiger charge is 2.24. The van der Waals surface area contributed by atoms with Gasteiger partial charge in [-0.3, -0.25) is 0 Å². The Morgan fingerprint density at radius 3 is 2.59 bits per heavy atom. The highest BCUT2D eigenvalue weighted by molar-refractivity contribution is 7.80. The molecule has 0 unspecified atom stereocenters. The summed E-state index contributed by atoms with van der Waals surface area (Å²) in [7, 11) is 0. The molecule has 0 fully saturated rings. The summed E-state index contributed by atoms with van der Waals surface area (Å²) < 4.78 is 7.18. The van der Waals surface area contributed by atoms with Crippen molar-refractivity contribution in [2.24, 2.45) is 5.92 Å². The number of amides is 1. The van der Waals surface area contributed by atoms with Crippen LogP contribution in [0.5, 0.6) is 0 Å². The van der Waals surface area contributed by atoms with Gasteiger partial charge >= 0.3 is 6.09 Å². The van der Waals surface area contributed by atoms with E-state index in [1.807, 2.05) is 57.6 Å². The molecule has 3 aromatic rings. The minimum Gasteiger partial charge on any atom is -0.444 e. The third-order valence-corrected chi connectivity index (χ3v) is 5.26. The van der Waals surface area contributed by atoms with Gasteiger partial charge in [-0.2, -0.15) is 0 Å². The van der Waals surface area contributed by atoms with Crippen LogP contribution in [0, 0.1) is 5.92 Å². The number of fused-ring (bicyclic) bond motifs is 1. The van der Waals surface area contributed by atoms with Crippen LogP contribution in [0.1, 0.15) is 45.9 Å². The Morgan fingerprint density at radius 2 is 1.88 bits per heavy atom. The third-order valence-electron chi connectivity index (χ3n) is 4.86. The Bertz CT molecular complexity index is 1080. The molecule has 2 aromatic carbocycles. The fourth-order valence-electron chi connectivity index (χ4n) is 3.36. The highest BCUT2D eigenvalue weighted by atomic mass is 32.1. The van der Waals surface area contributed by atoms with Gasteiger partial charge in [0.2, 0.25) is 0 Å². The first-order valence-electron chi connectivity index (χ1n) is 10.8. The summed E-state index contributed by atoms with van der Waals surface area (Å²) in [6.07, 6.45) is 1.42. The lowest BCUT2D eigenvalue weighted by Crippen LogP contribution is -2.49. The zero-order chi connectivity index (χ0) is 23.3. The van der Waals surface area contributed by atoms with Gasteiger partial charge in [-0.1, -0.05) is 73.7 Å². The lowest BCUT2D eigenvalue weighted by atomic mass is 10.0. The molecule has 32 heavy (non-hydrogen) atoms. The molecule has 1 heterocycles. The molecule has 8 heteroatoms. The van der Waals surface area contributed by atoms with Crippen molar-refractivity contribution in [1.82, 2.24) is 25.6 Å². The van der Waals surface area contributed by atoms with E-state index in [2.05, 4.69) is 51.3 Å². The van der Waals surface area contributed by atoms with Crippen molar-refractivity contribution in [3.8, 4) is 0 Å². The number of thiocarbonyl (C=S) groups is 1. The van der Waals surface area contributed by atoms with Gasteiger partial charge in [0.05, 0.1) is 30.3 Å². The predicted octanol–water partition coefficient (Wildman–Crippen LogP) is 4.45. The predicted molar refractivity (Wildman–Crippen MR) is 131 cm³/mol. The molecular formula is C24H31N5O2S. The second-order valence-corrected chi connectivity index (χ2v) is 9.57. The van der Waals surface area contributed by atoms with Gasteiger partial charge in [0.25, 0.3) is 0 Å². The van der Waals surface area contributed by atoms with Gasteiger partial charge in [-0.25, -0.2) is 9.48 Å². The lowest BCUT2D eigenvalue weighted by molar-refractivity contribution is 0.0508. The monoisotopic (exact) mass is 453 g/mol. The van der Waals surface area contributed by atoms with Gasteiger partial charge < -0.3 is 15.4 Å². The number of carbonyl (C=O) groups excluding carboxylic acids is 1. The average molecular weight is 454 g/mol. The van der Waals surface area contributed by atoms with Crippen LogP contribution in [0.25, 0.3) is 10.8 Å². The molecule has 0 saturated heterocycles. The molecule has 0 spiro atoms. The minimum absolute atomic E-state index is 0.101. The van der Waals surface area contributed by atoms with Crippen molar-refractivity contribution < 1.29 is 9.53 Å². The van der Waals surface area contributed by atoms with Crippen LogP contribution >= 0.6 is 12.2 Å². The molecule has 0 aliphatic rings. The maximum Gasteiger partial charge on any atom is 0.408 e. The SMILES string of the molecule is CC(C)[C@H](NC(=O)OC(C)(C)C)C(=S)NCc1cn(Cc2cccc3ccccc23)nn1. The van der Waals surface area contributed by atoms with E-state index in [1.165, 1.54) is 16.3 Å². The largest absolute Gasteiger partial charge is 0.444 e. The number of rotatable bonds is 7. The average Bonchev–Trinajstić information content (AvgIpc) is 3.16. The number of hydrogen-bond acceptors (Lipinski definition) is 5. The van der Waals surface area contributed by atoms with E-state index in [9.17, 15) is 4.79 Å². The Hall–Kier alpha value is -3.00. The Labute approximate surface area is 194 Å². The van der Waals surface area contributed by atoms with Crippen molar-refractivity contribution >= 4 is 34.1 Å². The molecular weight excluding hydrogens is 422 g/mol. The number of carbonyl (C=O) groups is 1. The first kappa shape index (κ1) is 23.7. The van der Waals surface area contributed by atoms with Gasteiger partial charge in [-0.05, 0) is 43.0 Å². The fraction of sp³-hybridized carbons (Fsp3) is 0.417. The van der Waals surface area contributed by atoms with E-state index in [4.69, 9.17) is 17.0 Å². The molecule has 0 aliphatic heterocycles. The van der Waals surface area contributed by atoms with Gasteiger partial charge in [0, 0.05) is 0 Å². The zero-order valence-corrected chi connectivity index (χ0v) is 20.1. The number of alkyl carbamates (subject to hydrolysis) is 1. The molecule has 3 rings (SSSR count). The molecule has 1 atom stereocenters. The molecule has 0 aliphatic carbocycles. The van der Waals surface area contributed by atoms with Gasteiger partial charge in [0.15, 0.2) is 0 Å². The van der Waals surface area contributed by atoms with Crippen molar-refractivity contribution in [2.45, 2.75) is 59.4 Å². The van der Waals surface area contributed by atoms with Crippen LogP contribution in [0.2, 0.25) is 0 Å². The Morgan fingerprint density at radius 1 is 1.16 bits per heavy atom. The number of benzene rings is 2. The van der Waals surface area contributed by atoms with E-state index in [-0.39, 0.29) is 12.0 Å². The smallest absolute Gasteiger partial charge is 0.408 e. The maximum atomic E-state index is 12.2. The number of nitrogens with one attached hydrogen (secondary N) is 2. The Kier molecular flexibility index (Phi) is 7.45. The van der Waals surface area contributed by atoms with Crippen molar-refractivity contribution in [1.29, 1.82) is 0 Å². The van der Waals surface area contributed by atoms with E-state index >= 15 is 0 Å². The summed E-state index contributed by atoms with van der Waals surface area (Å²) in [5, 5.41) is 17.0. The van der Waals surface area contributed by atoms with Crippen molar-refractivity contribution in [3.63, 3.8) is 0 Å². The standard InChI is InChI=1S/C24H31N5O2S/c1-16(2)21(26-23(30)31-24(3,4)5)22(32)25-13-19-15-29(28-27-19)14-18-11-8-10-17-9-6-7-12-20(17)18/h6-12,15-16,21H,13-14H2,1-5H3,(H,25,32)(H,26,30)/t21-/m0/s1. The number of aromatic nitrogens is 3. The molecule has 1 amide bonds. The molecule has 0 bridgehead atoms. The van der Waals surface area contributed by atoms with E-state index in [0.717, 1.165) is 5.69 Å². The number of nitrogens with zero attached hydrogens (tertiary/aromatic N) is 3. The highest BCUT2D eigenvalue weighted by Crippen LogP contribution is 2.19. The van der Waals surface area contributed by atoms with E-state index in [1.54, 1.807) is 0 Å². The summed E-state index contributed by atoms with van der Waals surface area (Å²) in [5.74, 6) is 0.101. The molecule has 2 N–H and O–H groups in total. The Balaban J connectivity index is 1.60. The second kappa shape index (κ2) is 10.1. The third kappa shape index (κ3) is 6.50. The maximum absolute atomic E-state index is 12.2. The minimum atomic E-state index is -0.566. The number of ether oxygens (including phenoxy) is 1. The number of hydrogen-bond donors (Lipinski definition) is 2. The van der Waals surface area contributed by atoms with Crippen molar-refractivity contribution in [2.75, 3.05) is 0 Å². The van der Waals surface area contributed by atoms with Crippen molar-refractivity contribution in [3.05, 3.63) is 59.9 Å². The molecule has 0 saturated carbocycles. The van der Waals surface area contributed by atoms with Crippen LogP contribution in [0.4, 0.5) is 4.79 Å². The summed E-state index contributed by atoms with van der Waals surface area (Å²) >= 11 is 5.54. The molecule has 1 aromatic heterocycles. The first-order valence-corrected chi connectivity index (χ1v) is 11.2. The van der Waals surface area contributed by atoms with Crippen LogP contribution < -0.4 is 10.6 Å². The normalized spacial score (nSPS) is 12.6. The summed E-state index contributed by atoms with van der Waals surface area (Å²) in [5.41, 5.74) is 1.39. The summed E-state index contributed by atoms with van der Waals surface area (Å²) in [6, 6.07) is 14.2. The quantitative estimate of drug-likeness (QED) is 0.515. The summed E-state index contributed by atoms with van der Waals surface area (Å²) in [4.78, 5) is 12.7. The first-order chi connectivity index (χ1) is 15.1. The molecule has 7 nitrogen and oxygen atoms in total. The zero-order valence-electron chi connectivity index (χ0n) is 19.3.